The molecule has 8 heteroatoms. The summed E-state index contributed by atoms with van der Waals surface area (Å²) in [5, 5.41) is 10.7. The molecule has 3 rings (SSSR count). The number of nitrogens with one attached hydrogen (secondary N) is 3. The number of nitrogens with zero attached hydrogens (tertiary/aromatic N) is 1. The minimum Gasteiger partial charge on any atom is -0.381 e. The van der Waals surface area contributed by atoms with Gasteiger partial charge in [-0.3, -0.25) is 4.99 Å². The number of aliphatic imine (C=N–C) groups is 1. The van der Waals surface area contributed by atoms with Crippen LogP contribution in [0.2, 0.25) is 0 Å². The van der Waals surface area contributed by atoms with Crippen molar-refractivity contribution in [2.45, 2.75) is 63.6 Å². The van der Waals surface area contributed by atoms with Crippen LogP contribution < -0.4 is 16.0 Å². The van der Waals surface area contributed by atoms with Crippen LogP contribution >= 0.6 is 24.0 Å². The van der Waals surface area contributed by atoms with Crippen molar-refractivity contribution in [3.8, 4) is 0 Å². The van der Waals surface area contributed by atoms with Crippen LogP contribution in [0.25, 0.3) is 0 Å². The monoisotopic (exact) mass is 574 g/mol. The molecule has 0 aromatic heterocycles. The molecule has 188 valence electrons. The third-order valence-electron chi connectivity index (χ3n) is 6.24. The summed E-state index contributed by atoms with van der Waals surface area (Å²) in [4.78, 5) is 4.95. The van der Waals surface area contributed by atoms with Gasteiger partial charge in [-0.1, -0.05) is 30.3 Å². The summed E-state index contributed by atoms with van der Waals surface area (Å²) in [5.41, 5.74) is 1.25. The van der Waals surface area contributed by atoms with Gasteiger partial charge in [-0.25, -0.2) is 0 Å². The number of guanidine groups is 1. The van der Waals surface area contributed by atoms with Gasteiger partial charge in [-0.05, 0) is 51.5 Å². The van der Waals surface area contributed by atoms with E-state index in [2.05, 4.69) is 60.1 Å². The van der Waals surface area contributed by atoms with Crippen LogP contribution in [0, 0.1) is 0 Å². The Morgan fingerprint density at radius 2 is 1.97 bits per heavy atom. The number of benzene rings is 1. The molecule has 2 heterocycles. The molecule has 2 saturated heterocycles. The van der Waals surface area contributed by atoms with Crippen LogP contribution in [-0.4, -0.2) is 70.3 Å². The molecule has 0 saturated carbocycles. The fourth-order valence-electron chi connectivity index (χ4n) is 4.34. The Morgan fingerprint density at radius 3 is 2.67 bits per heavy atom. The number of halogens is 1. The lowest BCUT2D eigenvalue weighted by atomic mass is 9.88. The molecular formula is C25H43IN4O3. The molecule has 0 radical (unpaired) electrons. The summed E-state index contributed by atoms with van der Waals surface area (Å²) < 4.78 is 17.0. The Hall–Kier alpha value is -0.940. The standard InChI is InChI=1S/C25H42N4O3.HI/c1-3-26-24(27-14-8-15-31-19-23-11-7-16-32-23)28-20-25(12-17-30-18-13-25)29-21(2)22-9-5-4-6-10-22;/h4-6,9-10,21,23,29H,3,7-8,11-20H2,1-2H3,(H2,26,27,28);1H. The molecule has 2 unspecified atom stereocenters. The maximum atomic E-state index is 5.77. The highest BCUT2D eigenvalue weighted by Gasteiger charge is 2.34. The van der Waals surface area contributed by atoms with Gasteiger partial charge in [0.2, 0.25) is 0 Å². The fraction of sp³-hybridized carbons (Fsp3) is 0.720. The van der Waals surface area contributed by atoms with Crippen molar-refractivity contribution < 1.29 is 14.2 Å². The van der Waals surface area contributed by atoms with Crippen molar-refractivity contribution in [1.82, 2.24) is 16.0 Å². The molecule has 33 heavy (non-hydrogen) atoms. The van der Waals surface area contributed by atoms with Gasteiger partial charge in [-0.15, -0.1) is 24.0 Å². The zero-order valence-corrected chi connectivity index (χ0v) is 22.6. The normalized spacial score (nSPS) is 21.3. The van der Waals surface area contributed by atoms with Crippen LogP contribution in [-0.2, 0) is 14.2 Å². The minimum atomic E-state index is -0.0553. The van der Waals surface area contributed by atoms with Crippen molar-refractivity contribution in [1.29, 1.82) is 0 Å². The van der Waals surface area contributed by atoms with Gasteiger partial charge in [0, 0.05) is 51.1 Å². The second-order valence-corrected chi connectivity index (χ2v) is 8.85. The summed E-state index contributed by atoms with van der Waals surface area (Å²) in [5.74, 6) is 0.867. The SMILES string of the molecule is CCNC(=NCC1(NC(C)c2ccccc2)CCOCC1)NCCCOCC1CCCO1.I. The van der Waals surface area contributed by atoms with E-state index in [1.54, 1.807) is 0 Å². The molecule has 0 aliphatic carbocycles. The van der Waals surface area contributed by atoms with Gasteiger partial charge in [0.05, 0.1) is 19.3 Å². The number of rotatable bonds is 12. The molecular weight excluding hydrogens is 531 g/mol. The van der Waals surface area contributed by atoms with E-state index < -0.39 is 0 Å². The summed E-state index contributed by atoms with van der Waals surface area (Å²) in [6.07, 6.45) is 5.45. The molecule has 1 aromatic carbocycles. The number of hydrogen-bond donors (Lipinski definition) is 3. The topological polar surface area (TPSA) is 76.1 Å². The Kier molecular flexibility index (Phi) is 13.6. The van der Waals surface area contributed by atoms with Gasteiger partial charge in [-0.2, -0.15) is 0 Å². The van der Waals surface area contributed by atoms with E-state index in [0.717, 1.165) is 84.1 Å². The van der Waals surface area contributed by atoms with Crippen molar-refractivity contribution in [2.24, 2.45) is 4.99 Å². The van der Waals surface area contributed by atoms with Crippen molar-refractivity contribution in [2.75, 3.05) is 52.7 Å². The van der Waals surface area contributed by atoms with E-state index in [9.17, 15) is 0 Å². The summed E-state index contributed by atoms with van der Waals surface area (Å²) in [6, 6.07) is 10.9. The first-order valence-corrected chi connectivity index (χ1v) is 12.3. The van der Waals surface area contributed by atoms with Gasteiger partial charge >= 0.3 is 0 Å². The second-order valence-electron chi connectivity index (χ2n) is 8.85. The minimum absolute atomic E-state index is 0. The molecule has 2 aliphatic heterocycles. The van der Waals surface area contributed by atoms with E-state index >= 15 is 0 Å². The van der Waals surface area contributed by atoms with Crippen molar-refractivity contribution >= 4 is 29.9 Å². The van der Waals surface area contributed by atoms with Gasteiger partial charge in [0.25, 0.3) is 0 Å². The zero-order valence-electron chi connectivity index (χ0n) is 20.3. The van der Waals surface area contributed by atoms with E-state index in [1.807, 2.05) is 0 Å². The molecule has 0 bridgehead atoms. The third-order valence-corrected chi connectivity index (χ3v) is 6.24. The lowest BCUT2D eigenvalue weighted by molar-refractivity contribution is 0.0168. The molecule has 2 fully saturated rings. The predicted octanol–water partition coefficient (Wildman–Crippen LogP) is 3.65. The average Bonchev–Trinajstić information content (AvgIpc) is 3.34. The highest BCUT2D eigenvalue weighted by atomic mass is 127. The first-order chi connectivity index (χ1) is 15.7. The molecule has 3 N–H and O–H groups in total. The maximum Gasteiger partial charge on any atom is 0.191 e. The number of ether oxygens (including phenoxy) is 3. The highest BCUT2D eigenvalue weighted by Crippen LogP contribution is 2.26. The maximum absolute atomic E-state index is 5.77. The molecule has 1 aromatic rings. The van der Waals surface area contributed by atoms with Crippen LogP contribution in [0.5, 0.6) is 0 Å². The average molecular weight is 575 g/mol. The quantitative estimate of drug-likeness (QED) is 0.153. The predicted molar refractivity (Wildman–Crippen MR) is 145 cm³/mol. The zero-order chi connectivity index (χ0) is 22.5. The summed E-state index contributed by atoms with van der Waals surface area (Å²) >= 11 is 0. The third kappa shape index (κ3) is 10.1. The van der Waals surface area contributed by atoms with Crippen LogP contribution in [0.4, 0.5) is 0 Å². The fourth-order valence-corrected chi connectivity index (χ4v) is 4.34. The van der Waals surface area contributed by atoms with E-state index in [-0.39, 0.29) is 35.6 Å². The second kappa shape index (κ2) is 15.9. The molecule has 2 atom stereocenters. The Balaban J connectivity index is 0.00000385. The molecule has 0 amide bonds. The van der Waals surface area contributed by atoms with Crippen LogP contribution in [0.3, 0.4) is 0 Å². The van der Waals surface area contributed by atoms with E-state index in [0.29, 0.717) is 12.7 Å². The van der Waals surface area contributed by atoms with Crippen molar-refractivity contribution in [3.63, 3.8) is 0 Å². The Labute approximate surface area is 216 Å². The van der Waals surface area contributed by atoms with Crippen LogP contribution in [0.15, 0.2) is 35.3 Å². The van der Waals surface area contributed by atoms with E-state index in [1.165, 1.54) is 5.56 Å². The van der Waals surface area contributed by atoms with Crippen molar-refractivity contribution in [3.05, 3.63) is 35.9 Å². The lowest BCUT2D eigenvalue weighted by Crippen LogP contribution is -2.53. The van der Waals surface area contributed by atoms with E-state index in [4.69, 9.17) is 19.2 Å². The van der Waals surface area contributed by atoms with Gasteiger partial charge < -0.3 is 30.2 Å². The lowest BCUT2D eigenvalue weighted by Gasteiger charge is -2.39. The summed E-state index contributed by atoms with van der Waals surface area (Å²) in [7, 11) is 0. The van der Waals surface area contributed by atoms with Gasteiger partial charge in [0.1, 0.15) is 0 Å². The molecule has 2 aliphatic rings. The smallest absolute Gasteiger partial charge is 0.191 e. The molecule has 7 nitrogen and oxygen atoms in total. The number of hydrogen-bond acceptors (Lipinski definition) is 5. The first-order valence-electron chi connectivity index (χ1n) is 12.3. The first kappa shape index (κ1) is 28.3. The molecule has 0 spiro atoms. The highest BCUT2D eigenvalue weighted by molar-refractivity contribution is 14.0. The Bertz CT molecular complexity index is 665. The largest absolute Gasteiger partial charge is 0.381 e. The summed E-state index contributed by atoms with van der Waals surface area (Å²) in [6.45, 7) is 10.6. The Morgan fingerprint density at radius 1 is 1.18 bits per heavy atom. The van der Waals surface area contributed by atoms with Gasteiger partial charge in [0.15, 0.2) is 5.96 Å². The van der Waals surface area contributed by atoms with Crippen LogP contribution in [0.1, 0.15) is 57.6 Å².